The van der Waals surface area contributed by atoms with E-state index in [1.54, 1.807) is 13.8 Å². The Morgan fingerprint density at radius 3 is 3.00 bits per heavy atom. The van der Waals surface area contributed by atoms with Crippen LogP contribution in [0.5, 0.6) is 0 Å². The van der Waals surface area contributed by atoms with Crippen LogP contribution in [0.25, 0.3) is 0 Å². The van der Waals surface area contributed by atoms with Crippen molar-refractivity contribution in [3.05, 3.63) is 11.7 Å². The van der Waals surface area contributed by atoms with Crippen LogP contribution in [0.2, 0.25) is 0 Å². The smallest absolute Gasteiger partial charge is 0.318 e. The van der Waals surface area contributed by atoms with Gasteiger partial charge in [0.1, 0.15) is 5.92 Å². The van der Waals surface area contributed by atoms with Gasteiger partial charge in [-0.3, -0.25) is 4.79 Å². The van der Waals surface area contributed by atoms with Gasteiger partial charge in [0.2, 0.25) is 5.89 Å². The van der Waals surface area contributed by atoms with Crippen LogP contribution >= 0.6 is 0 Å². The molecule has 3 heterocycles. The fourth-order valence-corrected chi connectivity index (χ4v) is 2.85. The number of hydrogen-bond acceptors (Lipinski definition) is 6. The quantitative estimate of drug-likeness (QED) is 0.773. The number of aromatic nitrogens is 2. The second-order valence-electron chi connectivity index (χ2n) is 5.18. The molecule has 0 aliphatic carbocycles. The van der Waals surface area contributed by atoms with Crippen LogP contribution in [0.15, 0.2) is 4.52 Å². The summed E-state index contributed by atoms with van der Waals surface area (Å²) in [5.74, 6) is 0.364. The Morgan fingerprint density at radius 1 is 1.53 bits per heavy atom. The number of carbonyl (C=O) groups is 1. The van der Waals surface area contributed by atoms with Gasteiger partial charge in [-0.15, -0.1) is 0 Å². The largest absolute Gasteiger partial charge is 0.465 e. The highest BCUT2D eigenvalue weighted by atomic mass is 16.5. The highest BCUT2D eigenvalue weighted by molar-refractivity contribution is 5.76. The molecule has 2 bridgehead atoms. The van der Waals surface area contributed by atoms with Crippen LogP contribution in [0.1, 0.15) is 56.7 Å². The van der Waals surface area contributed by atoms with Crippen LogP contribution in [-0.2, 0) is 14.3 Å². The molecule has 0 saturated carbocycles. The number of hydrogen-bond donors (Lipinski definition) is 0. The van der Waals surface area contributed by atoms with E-state index in [-0.39, 0.29) is 18.0 Å². The van der Waals surface area contributed by atoms with Crippen molar-refractivity contribution in [1.29, 1.82) is 0 Å². The fourth-order valence-electron chi connectivity index (χ4n) is 2.85. The van der Waals surface area contributed by atoms with Crippen LogP contribution in [-0.4, -0.2) is 34.9 Å². The molecule has 104 valence electrons. The van der Waals surface area contributed by atoms with E-state index in [4.69, 9.17) is 14.0 Å². The second kappa shape index (κ2) is 4.92. The highest BCUT2D eigenvalue weighted by Gasteiger charge is 2.44. The molecule has 2 fully saturated rings. The zero-order valence-corrected chi connectivity index (χ0v) is 11.2. The third-order valence-electron chi connectivity index (χ3n) is 3.91. The zero-order chi connectivity index (χ0) is 13.4. The number of nitrogens with zero attached hydrogens (tertiary/aromatic N) is 2. The van der Waals surface area contributed by atoms with Crippen LogP contribution < -0.4 is 0 Å². The lowest BCUT2D eigenvalue weighted by Gasteiger charge is -2.13. The lowest BCUT2D eigenvalue weighted by molar-refractivity contribution is -0.145. The van der Waals surface area contributed by atoms with E-state index in [0.29, 0.717) is 24.4 Å². The lowest BCUT2D eigenvalue weighted by atomic mass is 9.89. The monoisotopic (exact) mass is 266 g/mol. The third kappa shape index (κ3) is 2.25. The number of carbonyl (C=O) groups excluding carboxylic acids is 1. The van der Waals surface area contributed by atoms with Gasteiger partial charge < -0.3 is 14.0 Å². The first-order valence-corrected chi connectivity index (χ1v) is 6.84. The molecule has 0 radical (unpaired) electrons. The van der Waals surface area contributed by atoms with Crippen LogP contribution in [0.4, 0.5) is 0 Å². The number of fused-ring (bicyclic) bond motifs is 2. The van der Waals surface area contributed by atoms with Gasteiger partial charge in [-0.2, -0.15) is 4.98 Å². The average molecular weight is 266 g/mol. The molecule has 0 N–H and O–H groups in total. The summed E-state index contributed by atoms with van der Waals surface area (Å²) in [7, 11) is 0. The van der Waals surface area contributed by atoms with Gasteiger partial charge in [0.25, 0.3) is 0 Å². The van der Waals surface area contributed by atoms with Gasteiger partial charge in [0.05, 0.1) is 24.7 Å². The Kier molecular flexibility index (Phi) is 3.26. The maximum atomic E-state index is 11.6. The molecule has 4 unspecified atom stereocenters. The van der Waals surface area contributed by atoms with Crippen molar-refractivity contribution in [2.45, 2.75) is 57.2 Å². The summed E-state index contributed by atoms with van der Waals surface area (Å²) >= 11 is 0. The molecule has 2 aliphatic heterocycles. The molecule has 6 heteroatoms. The molecule has 1 aromatic heterocycles. The molecule has 0 aromatic carbocycles. The maximum Gasteiger partial charge on any atom is 0.318 e. The summed E-state index contributed by atoms with van der Waals surface area (Å²) < 4.78 is 15.9. The maximum absolute atomic E-state index is 11.6. The van der Waals surface area contributed by atoms with Crippen molar-refractivity contribution in [3.8, 4) is 0 Å². The molecule has 3 rings (SSSR count). The Morgan fingerprint density at radius 2 is 2.37 bits per heavy atom. The molecule has 1 aromatic rings. The molecular formula is C13H18N2O4. The third-order valence-corrected chi connectivity index (χ3v) is 3.91. The van der Waals surface area contributed by atoms with E-state index < -0.39 is 5.92 Å². The van der Waals surface area contributed by atoms with E-state index in [9.17, 15) is 4.79 Å². The molecule has 4 atom stereocenters. The Balaban J connectivity index is 1.71. The Labute approximate surface area is 111 Å². The number of ether oxygens (including phenoxy) is 2. The summed E-state index contributed by atoms with van der Waals surface area (Å²) in [4.78, 5) is 16.0. The van der Waals surface area contributed by atoms with E-state index in [2.05, 4.69) is 10.1 Å². The minimum atomic E-state index is -0.513. The highest BCUT2D eigenvalue weighted by Crippen LogP contribution is 2.43. The fraction of sp³-hybridized carbons (Fsp3) is 0.769. The molecule has 2 aliphatic rings. The average Bonchev–Trinajstić information content (AvgIpc) is 3.13. The first kappa shape index (κ1) is 12.6. The van der Waals surface area contributed by atoms with Crippen molar-refractivity contribution in [2.75, 3.05) is 6.61 Å². The first-order chi connectivity index (χ1) is 9.19. The van der Waals surface area contributed by atoms with E-state index >= 15 is 0 Å². The van der Waals surface area contributed by atoms with Gasteiger partial charge in [0, 0.05) is 0 Å². The summed E-state index contributed by atoms with van der Waals surface area (Å²) in [6.45, 7) is 3.84. The number of esters is 1. The SMILES string of the molecule is CCOC(=O)C(C)c1nc(C2CC3CCC2O3)no1. The molecular weight excluding hydrogens is 248 g/mol. The van der Waals surface area contributed by atoms with Crippen molar-refractivity contribution < 1.29 is 18.8 Å². The summed E-state index contributed by atoms with van der Waals surface area (Å²) in [6.07, 6.45) is 3.71. The van der Waals surface area contributed by atoms with Gasteiger partial charge in [0.15, 0.2) is 5.82 Å². The first-order valence-electron chi connectivity index (χ1n) is 6.84. The number of rotatable bonds is 4. The molecule has 6 nitrogen and oxygen atoms in total. The molecule has 0 spiro atoms. The van der Waals surface area contributed by atoms with E-state index in [1.807, 2.05) is 0 Å². The predicted octanol–water partition coefficient (Wildman–Crippen LogP) is 1.77. The standard InChI is InChI=1S/C13H18N2O4/c1-3-17-13(16)7(2)12-14-11(15-19-12)9-6-8-4-5-10(9)18-8/h7-10H,3-6H2,1-2H3. The minimum Gasteiger partial charge on any atom is -0.465 e. The van der Waals surface area contributed by atoms with Crippen molar-refractivity contribution >= 4 is 5.97 Å². The molecule has 2 saturated heterocycles. The van der Waals surface area contributed by atoms with Crippen molar-refractivity contribution in [3.63, 3.8) is 0 Å². The second-order valence-corrected chi connectivity index (χ2v) is 5.18. The molecule has 19 heavy (non-hydrogen) atoms. The van der Waals surface area contributed by atoms with Crippen molar-refractivity contribution in [1.82, 2.24) is 10.1 Å². The van der Waals surface area contributed by atoms with Gasteiger partial charge in [-0.05, 0) is 33.1 Å². The van der Waals surface area contributed by atoms with Gasteiger partial charge >= 0.3 is 5.97 Å². The van der Waals surface area contributed by atoms with Crippen LogP contribution in [0, 0.1) is 0 Å². The Hall–Kier alpha value is -1.43. The van der Waals surface area contributed by atoms with Gasteiger partial charge in [-0.1, -0.05) is 5.16 Å². The topological polar surface area (TPSA) is 74.5 Å². The summed E-state index contributed by atoms with van der Waals surface area (Å²) in [5, 5.41) is 4.01. The minimum absolute atomic E-state index is 0.214. The summed E-state index contributed by atoms with van der Waals surface area (Å²) in [6, 6.07) is 0. The normalized spacial score (nSPS) is 30.5. The zero-order valence-electron chi connectivity index (χ0n) is 11.2. The van der Waals surface area contributed by atoms with E-state index in [1.165, 1.54) is 0 Å². The van der Waals surface area contributed by atoms with Crippen LogP contribution in [0.3, 0.4) is 0 Å². The summed E-state index contributed by atoms with van der Waals surface area (Å²) in [5.41, 5.74) is 0. The van der Waals surface area contributed by atoms with E-state index in [0.717, 1.165) is 19.3 Å². The van der Waals surface area contributed by atoms with Crippen molar-refractivity contribution in [2.24, 2.45) is 0 Å². The van der Waals surface area contributed by atoms with Gasteiger partial charge in [-0.25, -0.2) is 0 Å². The Bertz CT molecular complexity index is 473. The predicted molar refractivity (Wildman–Crippen MR) is 64.6 cm³/mol. The molecule has 0 amide bonds. The lowest BCUT2D eigenvalue weighted by Crippen LogP contribution is -2.16.